The Kier molecular flexibility index (Phi) is 4.38. The molecule has 2 aliphatic heterocycles. The van der Waals surface area contributed by atoms with Crippen molar-refractivity contribution in [3.8, 4) is 0 Å². The molecule has 0 saturated carbocycles. The third-order valence-electron chi connectivity index (χ3n) is 4.37. The Balaban J connectivity index is 1.50. The average Bonchev–Trinajstić information content (AvgIpc) is 3.02. The molecule has 0 aromatic carbocycles. The fourth-order valence-electron chi connectivity index (χ4n) is 3.20. The van der Waals surface area contributed by atoms with Crippen LogP contribution in [0.4, 0.5) is 0 Å². The molecule has 2 saturated heterocycles. The molecule has 4 nitrogen and oxygen atoms in total. The Bertz CT molecular complexity index is 448. The van der Waals surface area contributed by atoms with E-state index < -0.39 is 0 Å². The summed E-state index contributed by atoms with van der Waals surface area (Å²) in [6.45, 7) is 3.36. The molecule has 2 atom stereocenters. The maximum atomic E-state index is 12.3. The van der Waals surface area contributed by atoms with Gasteiger partial charge in [0.25, 0.3) is 0 Å². The number of likely N-dealkylation sites (tertiary alicyclic amines) is 1. The summed E-state index contributed by atoms with van der Waals surface area (Å²) in [6, 6.07) is 5.40. The summed E-state index contributed by atoms with van der Waals surface area (Å²) in [5.41, 5.74) is 0. The lowest BCUT2D eigenvalue weighted by atomic mass is 10.1. The highest BCUT2D eigenvalue weighted by molar-refractivity contribution is 7.09. The van der Waals surface area contributed by atoms with Gasteiger partial charge in [0, 0.05) is 37.1 Å². The van der Waals surface area contributed by atoms with Gasteiger partial charge in [-0.1, -0.05) is 6.07 Å². The standard InChI is InChI=1S/C15H23N3OS/c1-17(10-14-3-2-8-20-14)15(19)11-18-7-6-12-4-5-13(9-18)16-12/h2-3,8,12-13,16H,4-7,9-11H2,1H3. The second kappa shape index (κ2) is 6.24. The Hall–Kier alpha value is -0.910. The lowest BCUT2D eigenvalue weighted by Gasteiger charge is -2.26. The molecule has 20 heavy (non-hydrogen) atoms. The van der Waals surface area contributed by atoms with Crippen LogP contribution in [0.25, 0.3) is 0 Å². The highest BCUT2D eigenvalue weighted by atomic mass is 32.1. The first-order valence-electron chi connectivity index (χ1n) is 7.45. The molecule has 110 valence electrons. The number of rotatable bonds is 4. The molecule has 1 aromatic heterocycles. The van der Waals surface area contributed by atoms with Crippen LogP contribution in [0.3, 0.4) is 0 Å². The topological polar surface area (TPSA) is 35.6 Å². The number of thiophene rings is 1. The lowest BCUT2D eigenvalue weighted by Crippen LogP contribution is -2.42. The van der Waals surface area contributed by atoms with Gasteiger partial charge in [-0.25, -0.2) is 0 Å². The smallest absolute Gasteiger partial charge is 0.236 e. The Morgan fingerprint density at radius 2 is 2.30 bits per heavy atom. The molecule has 2 bridgehead atoms. The predicted molar refractivity (Wildman–Crippen MR) is 81.8 cm³/mol. The van der Waals surface area contributed by atoms with Crippen molar-refractivity contribution < 1.29 is 4.79 Å². The van der Waals surface area contributed by atoms with Crippen LogP contribution < -0.4 is 5.32 Å². The molecule has 5 heteroatoms. The molecular formula is C15H23N3OS. The van der Waals surface area contributed by atoms with Gasteiger partial charge in [0.2, 0.25) is 5.91 Å². The fourth-order valence-corrected chi connectivity index (χ4v) is 3.95. The van der Waals surface area contributed by atoms with Crippen molar-refractivity contribution in [1.29, 1.82) is 0 Å². The summed E-state index contributed by atoms with van der Waals surface area (Å²) in [5.74, 6) is 0.233. The molecule has 0 aliphatic carbocycles. The van der Waals surface area contributed by atoms with E-state index in [4.69, 9.17) is 0 Å². The zero-order valence-electron chi connectivity index (χ0n) is 12.0. The first-order valence-corrected chi connectivity index (χ1v) is 8.33. The normalized spacial score (nSPS) is 26.4. The summed E-state index contributed by atoms with van der Waals surface area (Å²) in [5, 5.41) is 5.72. The fraction of sp³-hybridized carbons (Fsp3) is 0.667. The van der Waals surface area contributed by atoms with E-state index in [1.807, 2.05) is 18.0 Å². The molecule has 3 heterocycles. The molecule has 1 N–H and O–H groups in total. The minimum atomic E-state index is 0.233. The molecule has 0 radical (unpaired) electrons. The number of fused-ring (bicyclic) bond motifs is 2. The first-order chi connectivity index (χ1) is 9.70. The van der Waals surface area contributed by atoms with Crippen molar-refractivity contribution in [1.82, 2.24) is 15.1 Å². The molecule has 1 aromatic rings. The third kappa shape index (κ3) is 3.40. The molecule has 2 unspecified atom stereocenters. The van der Waals surface area contributed by atoms with Crippen LogP contribution >= 0.6 is 11.3 Å². The number of amides is 1. The van der Waals surface area contributed by atoms with E-state index in [9.17, 15) is 4.79 Å². The summed E-state index contributed by atoms with van der Waals surface area (Å²) < 4.78 is 0. The van der Waals surface area contributed by atoms with Gasteiger partial charge < -0.3 is 10.2 Å². The number of nitrogens with zero attached hydrogens (tertiary/aromatic N) is 2. The quantitative estimate of drug-likeness (QED) is 0.914. The number of hydrogen-bond donors (Lipinski definition) is 1. The zero-order chi connectivity index (χ0) is 13.9. The summed E-state index contributed by atoms with van der Waals surface area (Å²) in [7, 11) is 1.91. The lowest BCUT2D eigenvalue weighted by molar-refractivity contribution is -0.131. The Morgan fingerprint density at radius 3 is 3.10 bits per heavy atom. The monoisotopic (exact) mass is 293 g/mol. The Morgan fingerprint density at radius 1 is 1.45 bits per heavy atom. The molecule has 2 aliphatic rings. The largest absolute Gasteiger partial charge is 0.340 e. The second-order valence-corrected chi connectivity index (χ2v) is 7.02. The van der Waals surface area contributed by atoms with Crippen molar-refractivity contribution in [3.63, 3.8) is 0 Å². The van der Waals surface area contributed by atoms with E-state index in [1.54, 1.807) is 11.3 Å². The van der Waals surface area contributed by atoms with Crippen molar-refractivity contribution in [2.24, 2.45) is 0 Å². The average molecular weight is 293 g/mol. The summed E-state index contributed by atoms with van der Waals surface area (Å²) >= 11 is 1.71. The van der Waals surface area contributed by atoms with E-state index in [2.05, 4.69) is 21.7 Å². The van der Waals surface area contributed by atoms with Crippen molar-refractivity contribution in [2.75, 3.05) is 26.7 Å². The van der Waals surface area contributed by atoms with Crippen LogP contribution in [0.5, 0.6) is 0 Å². The molecule has 2 fully saturated rings. The van der Waals surface area contributed by atoms with Gasteiger partial charge in [-0.2, -0.15) is 0 Å². The molecule has 0 spiro atoms. The molecular weight excluding hydrogens is 270 g/mol. The van der Waals surface area contributed by atoms with Gasteiger partial charge in [-0.3, -0.25) is 9.69 Å². The number of carbonyl (C=O) groups is 1. The Labute approximate surface area is 124 Å². The van der Waals surface area contributed by atoms with Gasteiger partial charge in [0.15, 0.2) is 0 Å². The van der Waals surface area contributed by atoms with Crippen LogP contribution in [0, 0.1) is 0 Å². The van der Waals surface area contributed by atoms with Crippen molar-refractivity contribution >= 4 is 17.2 Å². The van der Waals surface area contributed by atoms with Gasteiger partial charge in [0.05, 0.1) is 13.1 Å². The highest BCUT2D eigenvalue weighted by Crippen LogP contribution is 2.20. The van der Waals surface area contributed by atoms with E-state index in [0.29, 0.717) is 18.6 Å². The first kappa shape index (κ1) is 14.0. The highest BCUT2D eigenvalue weighted by Gasteiger charge is 2.30. The maximum absolute atomic E-state index is 12.3. The number of carbonyl (C=O) groups excluding carboxylic acids is 1. The number of nitrogens with one attached hydrogen (secondary N) is 1. The predicted octanol–water partition coefficient (Wildman–Crippen LogP) is 1.53. The van der Waals surface area contributed by atoms with Crippen LogP contribution in [0.2, 0.25) is 0 Å². The van der Waals surface area contributed by atoms with Gasteiger partial charge in [-0.15, -0.1) is 11.3 Å². The van der Waals surface area contributed by atoms with Crippen LogP contribution in [-0.2, 0) is 11.3 Å². The van der Waals surface area contributed by atoms with Gasteiger partial charge >= 0.3 is 0 Å². The summed E-state index contributed by atoms with van der Waals surface area (Å²) in [4.78, 5) is 17.7. The number of likely N-dealkylation sites (N-methyl/N-ethyl adjacent to an activating group) is 1. The van der Waals surface area contributed by atoms with Crippen LogP contribution in [-0.4, -0.2) is 54.5 Å². The van der Waals surface area contributed by atoms with E-state index in [1.165, 1.54) is 24.1 Å². The maximum Gasteiger partial charge on any atom is 0.236 e. The van der Waals surface area contributed by atoms with Crippen molar-refractivity contribution in [3.05, 3.63) is 22.4 Å². The van der Waals surface area contributed by atoms with Crippen LogP contribution in [0.15, 0.2) is 17.5 Å². The van der Waals surface area contributed by atoms with Crippen LogP contribution in [0.1, 0.15) is 24.1 Å². The minimum Gasteiger partial charge on any atom is -0.340 e. The molecule has 1 amide bonds. The van der Waals surface area contributed by atoms with Crippen molar-refractivity contribution in [2.45, 2.75) is 37.9 Å². The SMILES string of the molecule is CN(Cc1cccs1)C(=O)CN1CCC2CCC(C1)N2. The van der Waals surface area contributed by atoms with Gasteiger partial charge in [0.1, 0.15) is 0 Å². The van der Waals surface area contributed by atoms with E-state index in [0.717, 1.165) is 19.6 Å². The third-order valence-corrected chi connectivity index (χ3v) is 5.23. The second-order valence-electron chi connectivity index (χ2n) is 5.99. The zero-order valence-corrected chi connectivity index (χ0v) is 12.9. The van der Waals surface area contributed by atoms with Gasteiger partial charge in [-0.05, 0) is 30.7 Å². The van der Waals surface area contributed by atoms with E-state index in [-0.39, 0.29) is 5.91 Å². The molecule has 3 rings (SSSR count). The minimum absolute atomic E-state index is 0.233. The number of hydrogen-bond acceptors (Lipinski definition) is 4. The summed E-state index contributed by atoms with van der Waals surface area (Å²) in [6.07, 6.45) is 3.75. The van der Waals surface area contributed by atoms with E-state index >= 15 is 0 Å².